The highest BCUT2D eigenvalue weighted by molar-refractivity contribution is 6.34. The Balaban J connectivity index is 3.03. The summed E-state index contributed by atoms with van der Waals surface area (Å²) in [6.07, 6.45) is 1.34. The van der Waals surface area contributed by atoms with Gasteiger partial charge in [-0.3, -0.25) is 0 Å². The van der Waals surface area contributed by atoms with Crippen LogP contribution >= 0.6 is 0 Å². The van der Waals surface area contributed by atoms with Gasteiger partial charge in [0.15, 0.2) is 0 Å². The first-order valence-electron chi connectivity index (χ1n) is 4.37. The third-order valence-electron chi connectivity index (χ3n) is 1.74. The number of hydrogen-bond donors (Lipinski definition) is 1. The van der Waals surface area contributed by atoms with E-state index in [1.54, 1.807) is 0 Å². The highest BCUT2D eigenvalue weighted by Gasteiger charge is 1.98. The summed E-state index contributed by atoms with van der Waals surface area (Å²) in [5.41, 5.74) is 0.971. The smallest absolute Gasteiger partial charge is 0.0944 e. The Labute approximate surface area is 67.5 Å². The molecule has 0 fully saturated rings. The van der Waals surface area contributed by atoms with Crippen LogP contribution in [0.4, 0.5) is 0 Å². The molecule has 1 unspecified atom stereocenters. The highest BCUT2D eigenvalue weighted by atomic mass is 28.2. The first-order chi connectivity index (χ1) is 4.66. The maximum absolute atomic E-state index is 3.57. The zero-order valence-electron chi connectivity index (χ0n) is 7.78. The van der Waals surface area contributed by atoms with Crippen molar-refractivity contribution in [3.8, 4) is 0 Å². The fraction of sp³-hybridized carbons (Fsp3) is 1.00. The SMILES string of the molecule is CCC(C)[SiH2]NCC(C)C. The number of hydrogen-bond acceptors (Lipinski definition) is 1. The van der Waals surface area contributed by atoms with Crippen LogP contribution in [0.25, 0.3) is 0 Å². The molecule has 0 rings (SSSR count). The largest absolute Gasteiger partial charge is 0.342 e. The van der Waals surface area contributed by atoms with Crippen molar-refractivity contribution < 1.29 is 0 Å². The molecule has 0 aromatic rings. The summed E-state index contributed by atoms with van der Waals surface area (Å²) in [5.74, 6) is 0.816. The minimum atomic E-state index is 0.0429. The predicted octanol–water partition coefficient (Wildman–Crippen LogP) is 1.53. The van der Waals surface area contributed by atoms with Crippen LogP contribution in [0.1, 0.15) is 34.1 Å². The Morgan fingerprint density at radius 3 is 2.30 bits per heavy atom. The van der Waals surface area contributed by atoms with Crippen molar-refractivity contribution in [2.75, 3.05) is 6.54 Å². The fourth-order valence-electron chi connectivity index (χ4n) is 0.763. The van der Waals surface area contributed by atoms with Gasteiger partial charge < -0.3 is 4.98 Å². The summed E-state index contributed by atoms with van der Waals surface area (Å²) in [6.45, 7) is 10.4. The Hall–Kier alpha value is 0.177. The van der Waals surface area contributed by atoms with Gasteiger partial charge in [0.1, 0.15) is 0 Å². The van der Waals surface area contributed by atoms with Gasteiger partial charge in [0.25, 0.3) is 0 Å². The molecular formula is C8H21NSi. The van der Waals surface area contributed by atoms with Crippen molar-refractivity contribution >= 4 is 9.68 Å². The van der Waals surface area contributed by atoms with Crippen LogP contribution in [-0.4, -0.2) is 16.2 Å². The maximum Gasteiger partial charge on any atom is 0.0944 e. The molecule has 2 heteroatoms. The van der Waals surface area contributed by atoms with Crippen molar-refractivity contribution in [2.24, 2.45) is 5.92 Å². The second-order valence-corrected chi connectivity index (χ2v) is 5.87. The van der Waals surface area contributed by atoms with Crippen LogP contribution in [0, 0.1) is 5.92 Å². The van der Waals surface area contributed by atoms with Gasteiger partial charge in [0.2, 0.25) is 0 Å². The van der Waals surface area contributed by atoms with Crippen molar-refractivity contribution in [1.29, 1.82) is 0 Å². The van der Waals surface area contributed by atoms with Gasteiger partial charge in [0.05, 0.1) is 9.68 Å². The van der Waals surface area contributed by atoms with Gasteiger partial charge >= 0.3 is 0 Å². The second-order valence-electron chi connectivity index (χ2n) is 3.57. The van der Waals surface area contributed by atoms with E-state index in [1.807, 2.05) is 0 Å². The molecule has 0 aliphatic carbocycles. The number of rotatable bonds is 5. The first-order valence-corrected chi connectivity index (χ1v) is 5.89. The molecule has 1 nitrogen and oxygen atoms in total. The van der Waals surface area contributed by atoms with E-state index in [1.165, 1.54) is 13.0 Å². The molecule has 0 saturated carbocycles. The fourth-order valence-corrected chi connectivity index (χ4v) is 2.29. The van der Waals surface area contributed by atoms with Crippen LogP contribution in [-0.2, 0) is 0 Å². The monoisotopic (exact) mass is 159 g/mol. The topological polar surface area (TPSA) is 12.0 Å². The predicted molar refractivity (Wildman–Crippen MR) is 51.1 cm³/mol. The summed E-state index contributed by atoms with van der Waals surface area (Å²) in [4.78, 5) is 3.57. The molecule has 0 heterocycles. The lowest BCUT2D eigenvalue weighted by Gasteiger charge is -2.10. The normalized spacial score (nSPS) is 15.3. The summed E-state index contributed by atoms with van der Waals surface area (Å²) in [7, 11) is 0.0429. The zero-order chi connectivity index (χ0) is 7.98. The molecule has 0 aliphatic rings. The molecule has 0 bridgehead atoms. The Kier molecular flexibility index (Phi) is 6.03. The molecule has 0 radical (unpaired) electrons. The molecule has 0 saturated heterocycles. The average molecular weight is 159 g/mol. The van der Waals surface area contributed by atoms with Crippen LogP contribution in [0.2, 0.25) is 5.54 Å². The second kappa shape index (κ2) is 5.92. The van der Waals surface area contributed by atoms with E-state index in [-0.39, 0.29) is 9.68 Å². The maximum atomic E-state index is 3.57. The van der Waals surface area contributed by atoms with Crippen molar-refractivity contribution in [3.63, 3.8) is 0 Å². The van der Waals surface area contributed by atoms with Crippen LogP contribution in [0.3, 0.4) is 0 Å². The molecule has 1 atom stereocenters. The van der Waals surface area contributed by atoms with E-state index < -0.39 is 0 Å². The summed E-state index contributed by atoms with van der Waals surface area (Å²) in [6, 6.07) is 0. The lowest BCUT2D eigenvalue weighted by molar-refractivity contribution is 0.627. The van der Waals surface area contributed by atoms with Crippen LogP contribution in [0.5, 0.6) is 0 Å². The number of nitrogens with one attached hydrogen (secondary N) is 1. The van der Waals surface area contributed by atoms with Crippen molar-refractivity contribution in [3.05, 3.63) is 0 Å². The first kappa shape index (κ1) is 10.2. The van der Waals surface area contributed by atoms with Gasteiger partial charge in [-0.1, -0.05) is 34.1 Å². The van der Waals surface area contributed by atoms with E-state index >= 15 is 0 Å². The molecular weight excluding hydrogens is 138 g/mol. The molecule has 62 valence electrons. The summed E-state index contributed by atoms with van der Waals surface area (Å²) >= 11 is 0. The Bertz CT molecular complexity index is 73.7. The van der Waals surface area contributed by atoms with Crippen molar-refractivity contribution in [2.45, 2.75) is 39.7 Å². The molecule has 0 aliphatic heterocycles. The highest BCUT2D eigenvalue weighted by Crippen LogP contribution is 2.03. The lowest BCUT2D eigenvalue weighted by atomic mass is 10.2. The molecule has 0 aromatic carbocycles. The molecule has 0 aromatic heterocycles. The van der Waals surface area contributed by atoms with Gasteiger partial charge in [-0.2, -0.15) is 0 Å². The molecule has 10 heavy (non-hydrogen) atoms. The molecule has 0 spiro atoms. The Morgan fingerprint density at radius 2 is 1.90 bits per heavy atom. The van der Waals surface area contributed by atoms with Gasteiger partial charge in [-0.15, -0.1) is 0 Å². The van der Waals surface area contributed by atoms with Crippen LogP contribution < -0.4 is 4.98 Å². The third-order valence-corrected chi connectivity index (χ3v) is 3.59. The van der Waals surface area contributed by atoms with E-state index in [0.717, 1.165) is 11.5 Å². The van der Waals surface area contributed by atoms with Gasteiger partial charge in [0, 0.05) is 0 Å². The summed E-state index contributed by atoms with van der Waals surface area (Å²) in [5, 5.41) is 0. The van der Waals surface area contributed by atoms with E-state index in [2.05, 4.69) is 32.7 Å². The van der Waals surface area contributed by atoms with Gasteiger partial charge in [-0.25, -0.2) is 0 Å². The lowest BCUT2D eigenvalue weighted by Crippen LogP contribution is -2.26. The average Bonchev–Trinajstić information content (AvgIpc) is 1.87. The minimum Gasteiger partial charge on any atom is -0.342 e. The Morgan fingerprint density at radius 1 is 1.30 bits per heavy atom. The summed E-state index contributed by atoms with van der Waals surface area (Å²) < 4.78 is 0. The van der Waals surface area contributed by atoms with Crippen molar-refractivity contribution in [1.82, 2.24) is 4.98 Å². The van der Waals surface area contributed by atoms with E-state index in [0.29, 0.717) is 0 Å². The van der Waals surface area contributed by atoms with Gasteiger partial charge in [-0.05, 0) is 18.0 Å². The van der Waals surface area contributed by atoms with Crippen LogP contribution in [0.15, 0.2) is 0 Å². The molecule has 1 N–H and O–H groups in total. The van der Waals surface area contributed by atoms with E-state index in [9.17, 15) is 0 Å². The van der Waals surface area contributed by atoms with E-state index in [4.69, 9.17) is 0 Å². The standard InChI is InChI=1S/C8H21NSi/c1-5-8(4)10-9-6-7(2)3/h7-9H,5-6,10H2,1-4H3. The molecule has 0 amide bonds. The third kappa shape index (κ3) is 6.30. The quantitative estimate of drug-likeness (QED) is 0.600. The minimum absolute atomic E-state index is 0.0429. The zero-order valence-corrected chi connectivity index (χ0v) is 9.19.